The summed E-state index contributed by atoms with van der Waals surface area (Å²) in [5.41, 5.74) is 0.727. The number of hydrogen-bond donors (Lipinski definition) is 1. The van der Waals surface area contributed by atoms with Gasteiger partial charge < -0.3 is 5.11 Å². The van der Waals surface area contributed by atoms with E-state index in [4.69, 9.17) is 5.11 Å². The zero-order chi connectivity index (χ0) is 8.97. The molecule has 1 rings (SSSR count). The molecule has 0 amide bonds. The quantitative estimate of drug-likeness (QED) is 0.737. The lowest BCUT2D eigenvalue weighted by atomic mass is 10.1. The van der Waals surface area contributed by atoms with Gasteiger partial charge in [-0.1, -0.05) is 30.3 Å². The van der Waals surface area contributed by atoms with Crippen molar-refractivity contribution in [1.82, 2.24) is 0 Å². The zero-order valence-corrected chi connectivity index (χ0v) is 6.45. The molecule has 0 unspecified atom stereocenters. The zero-order valence-electron chi connectivity index (χ0n) is 6.45. The molecule has 0 fully saturated rings. The van der Waals surface area contributed by atoms with Gasteiger partial charge in [-0.05, 0) is 5.56 Å². The van der Waals surface area contributed by atoms with Crippen molar-refractivity contribution in [3.8, 4) is 0 Å². The molecule has 12 heavy (non-hydrogen) atoms. The Bertz CT molecular complexity index is 223. The van der Waals surface area contributed by atoms with Crippen molar-refractivity contribution in [2.45, 2.75) is 19.0 Å². The number of aliphatic hydroxyl groups excluding tert-OH is 1. The second kappa shape index (κ2) is 4.16. The number of hydrogen-bond acceptors (Lipinski definition) is 1. The summed E-state index contributed by atoms with van der Waals surface area (Å²) in [4.78, 5) is 0. The highest BCUT2D eigenvalue weighted by Gasteiger charge is 2.16. The second-order valence-corrected chi connectivity index (χ2v) is 2.59. The molecule has 0 saturated carbocycles. The summed E-state index contributed by atoms with van der Waals surface area (Å²) in [6.07, 6.45) is -4.20. The van der Waals surface area contributed by atoms with E-state index in [0.29, 0.717) is 0 Å². The van der Waals surface area contributed by atoms with Crippen LogP contribution < -0.4 is 0 Å². The Morgan fingerprint density at radius 2 is 1.75 bits per heavy atom. The van der Waals surface area contributed by atoms with Crippen LogP contribution in [0, 0.1) is 0 Å². The third kappa shape index (κ3) is 2.58. The molecule has 0 aliphatic carbocycles. The lowest BCUT2D eigenvalue weighted by Crippen LogP contribution is -2.19. The van der Waals surface area contributed by atoms with E-state index in [1.165, 1.54) is 0 Å². The van der Waals surface area contributed by atoms with E-state index in [1.807, 2.05) is 0 Å². The Hall–Kier alpha value is -0.960. The van der Waals surface area contributed by atoms with Crippen LogP contribution in [0.5, 0.6) is 0 Å². The fourth-order valence-electron chi connectivity index (χ4n) is 0.945. The molecule has 1 nitrogen and oxygen atoms in total. The maximum Gasteiger partial charge on any atom is 0.264 e. The van der Waals surface area contributed by atoms with Gasteiger partial charge in [0.05, 0.1) is 0 Å². The smallest absolute Gasteiger partial charge is 0.264 e. The predicted molar refractivity (Wildman–Crippen MR) is 42.2 cm³/mol. The summed E-state index contributed by atoms with van der Waals surface area (Å²) in [6, 6.07) is 8.75. The minimum absolute atomic E-state index is 0.0124. The van der Waals surface area contributed by atoms with Crippen molar-refractivity contribution < 1.29 is 13.9 Å². The molecule has 0 spiro atoms. The van der Waals surface area contributed by atoms with Crippen LogP contribution in [0.3, 0.4) is 0 Å². The highest BCUT2D eigenvalue weighted by molar-refractivity contribution is 5.15. The van der Waals surface area contributed by atoms with E-state index >= 15 is 0 Å². The van der Waals surface area contributed by atoms with Crippen molar-refractivity contribution >= 4 is 0 Å². The number of rotatable bonds is 3. The van der Waals surface area contributed by atoms with Gasteiger partial charge in [-0.3, -0.25) is 0 Å². The Labute approximate surface area is 69.7 Å². The van der Waals surface area contributed by atoms with Crippen LogP contribution >= 0.6 is 0 Å². The molecule has 0 aliphatic rings. The Morgan fingerprint density at radius 1 is 1.17 bits per heavy atom. The van der Waals surface area contributed by atoms with E-state index in [9.17, 15) is 8.78 Å². The van der Waals surface area contributed by atoms with E-state index in [0.717, 1.165) is 5.56 Å². The third-order valence-electron chi connectivity index (χ3n) is 1.58. The highest BCUT2D eigenvalue weighted by Crippen LogP contribution is 2.08. The number of halogens is 2. The van der Waals surface area contributed by atoms with E-state index < -0.39 is 12.5 Å². The first-order valence-corrected chi connectivity index (χ1v) is 3.70. The molecule has 0 bridgehead atoms. The molecule has 0 heterocycles. The molecule has 1 aromatic rings. The number of benzene rings is 1. The van der Waals surface area contributed by atoms with Crippen molar-refractivity contribution in [2.24, 2.45) is 0 Å². The van der Waals surface area contributed by atoms with Gasteiger partial charge in [0.1, 0.15) is 6.10 Å². The Kier molecular flexibility index (Phi) is 3.17. The van der Waals surface area contributed by atoms with Crippen LogP contribution in [0.1, 0.15) is 5.56 Å². The lowest BCUT2D eigenvalue weighted by molar-refractivity contribution is -0.00365. The van der Waals surface area contributed by atoms with Gasteiger partial charge in [0.25, 0.3) is 6.43 Å². The largest absolute Gasteiger partial charge is 0.387 e. The molecule has 1 atom stereocenters. The molecule has 0 aliphatic heterocycles. The Morgan fingerprint density at radius 3 is 2.25 bits per heavy atom. The van der Waals surface area contributed by atoms with Crippen LogP contribution in [0.2, 0.25) is 0 Å². The summed E-state index contributed by atoms with van der Waals surface area (Å²) in [6.45, 7) is 0. The maximum atomic E-state index is 11.9. The van der Waals surface area contributed by atoms with E-state index in [-0.39, 0.29) is 6.42 Å². The first kappa shape index (κ1) is 9.13. The van der Waals surface area contributed by atoms with Gasteiger partial charge in [0, 0.05) is 6.42 Å². The minimum atomic E-state index is -2.66. The van der Waals surface area contributed by atoms with Crippen molar-refractivity contribution in [1.29, 1.82) is 0 Å². The first-order chi connectivity index (χ1) is 5.70. The van der Waals surface area contributed by atoms with Crippen molar-refractivity contribution in [2.75, 3.05) is 0 Å². The Balaban J connectivity index is 2.53. The summed E-state index contributed by atoms with van der Waals surface area (Å²) in [5, 5.41) is 8.83. The summed E-state index contributed by atoms with van der Waals surface area (Å²) in [5.74, 6) is 0. The van der Waals surface area contributed by atoms with Gasteiger partial charge >= 0.3 is 0 Å². The highest BCUT2D eigenvalue weighted by atomic mass is 19.3. The maximum absolute atomic E-state index is 11.9. The normalized spacial score (nSPS) is 13.3. The summed E-state index contributed by atoms with van der Waals surface area (Å²) < 4.78 is 23.7. The van der Waals surface area contributed by atoms with Crippen LogP contribution in [-0.2, 0) is 6.42 Å². The van der Waals surface area contributed by atoms with Gasteiger partial charge in [-0.2, -0.15) is 0 Å². The molecular weight excluding hydrogens is 162 g/mol. The monoisotopic (exact) mass is 172 g/mol. The molecule has 66 valence electrons. The molecular formula is C9H10F2O. The molecule has 0 radical (unpaired) electrons. The molecule has 3 heteroatoms. The average molecular weight is 172 g/mol. The second-order valence-electron chi connectivity index (χ2n) is 2.59. The molecule has 1 aromatic carbocycles. The van der Waals surface area contributed by atoms with Crippen LogP contribution in [0.15, 0.2) is 30.3 Å². The lowest BCUT2D eigenvalue weighted by Gasteiger charge is -2.08. The van der Waals surface area contributed by atoms with Crippen LogP contribution in [0.4, 0.5) is 8.78 Å². The summed E-state index contributed by atoms with van der Waals surface area (Å²) in [7, 11) is 0. The van der Waals surface area contributed by atoms with Crippen LogP contribution in [-0.4, -0.2) is 17.6 Å². The molecule has 0 saturated heterocycles. The van der Waals surface area contributed by atoms with Gasteiger partial charge in [-0.15, -0.1) is 0 Å². The number of aliphatic hydroxyl groups is 1. The fraction of sp³-hybridized carbons (Fsp3) is 0.333. The van der Waals surface area contributed by atoms with E-state index in [2.05, 4.69) is 0 Å². The van der Waals surface area contributed by atoms with Gasteiger partial charge in [0.2, 0.25) is 0 Å². The van der Waals surface area contributed by atoms with Crippen molar-refractivity contribution in [3.05, 3.63) is 35.9 Å². The minimum Gasteiger partial charge on any atom is -0.387 e. The number of alkyl halides is 2. The van der Waals surface area contributed by atoms with E-state index in [1.54, 1.807) is 30.3 Å². The van der Waals surface area contributed by atoms with Gasteiger partial charge in [-0.25, -0.2) is 8.78 Å². The SMILES string of the molecule is O[C@@H](Cc1ccccc1)C(F)F. The summed E-state index contributed by atoms with van der Waals surface area (Å²) >= 11 is 0. The fourth-order valence-corrected chi connectivity index (χ4v) is 0.945. The standard InChI is InChI=1S/C9H10F2O/c10-9(11)8(12)6-7-4-2-1-3-5-7/h1-5,8-9,12H,6H2/t8-/m0/s1. The van der Waals surface area contributed by atoms with Crippen LogP contribution in [0.25, 0.3) is 0 Å². The topological polar surface area (TPSA) is 20.2 Å². The first-order valence-electron chi connectivity index (χ1n) is 3.70. The molecule has 1 N–H and O–H groups in total. The molecule has 0 aromatic heterocycles. The van der Waals surface area contributed by atoms with Gasteiger partial charge in [0.15, 0.2) is 0 Å². The average Bonchev–Trinajstić information content (AvgIpc) is 2.06. The predicted octanol–water partition coefficient (Wildman–Crippen LogP) is 1.86. The third-order valence-corrected chi connectivity index (χ3v) is 1.58. The van der Waals surface area contributed by atoms with Crippen molar-refractivity contribution in [3.63, 3.8) is 0 Å².